The van der Waals surface area contributed by atoms with E-state index in [-0.39, 0.29) is 16.6 Å². The molecule has 0 aromatic heterocycles. The van der Waals surface area contributed by atoms with Crippen molar-refractivity contribution in [2.24, 2.45) is 0 Å². The summed E-state index contributed by atoms with van der Waals surface area (Å²) in [6.45, 7) is 2.40. The number of esters is 1. The lowest BCUT2D eigenvalue weighted by atomic mass is 10.2. The summed E-state index contributed by atoms with van der Waals surface area (Å²) in [5.41, 5.74) is 0.644. The van der Waals surface area contributed by atoms with E-state index in [1.165, 1.54) is 6.07 Å². The second kappa shape index (κ2) is 9.87. The van der Waals surface area contributed by atoms with Crippen LogP contribution in [0.4, 0.5) is 0 Å². The van der Waals surface area contributed by atoms with Gasteiger partial charge in [-0.3, -0.25) is 0 Å². The summed E-state index contributed by atoms with van der Waals surface area (Å²) >= 11 is 11.3. The minimum Gasteiger partial charge on any atom is -0.478 e. The first-order valence-corrected chi connectivity index (χ1v) is 7.61. The molecule has 2 rings (SSSR count). The Labute approximate surface area is 144 Å². The second-order valence-electron chi connectivity index (χ2n) is 4.43. The summed E-state index contributed by atoms with van der Waals surface area (Å²) in [4.78, 5) is 21.6. The molecule has 0 amide bonds. The van der Waals surface area contributed by atoms with Gasteiger partial charge >= 0.3 is 11.9 Å². The van der Waals surface area contributed by atoms with Gasteiger partial charge in [0.2, 0.25) is 0 Å². The van der Waals surface area contributed by atoms with Crippen LogP contribution in [-0.2, 0) is 4.74 Å². The van der Waals surface area contributed by atoms with Crippen LogP contribution in [0.2, 0.25) is 10.0 Å². The van der Waals surface area contributed by atoms with Gasteiger partial charge in [0, 0.05) is 5.02 Å². The number of carbonyl (C=O) groups is 2. The molecule has 0 radical (unpaired) electrons. The lowest BCUT2D eigenvalue weighted by Gasteiger charge is -2.02. The topological polar surface area (TPSA) is 63.6 Å². The average molecular weight is 355 g/mol. The van der Waals surface area contributed by atoms with Crippen LogP contribution in [0, 0.1) is 0 Å². The fourth-order valence-electron chi connectivity index (χ4n) is 1.53. The van der Waals surface area contributed by atoms with Crippen LogP contribution in [0.5, 0.6) is 0 Å². The van der Waals surface area contributed by atoms with Gasteiger partial charge in [0.05, 0.1) is 22.8 Å². The van der Waals surface area contributed by atoms with E-state index in [0.717, 1.165) is 6.42 Å². The molecule has 0 saturated heterocycles. The third-order valence-electron chi connectivity index (χ3n) is 2.60. The lowest BCUT2D eigenvalue weighted by molar-refractivity contribution is 0.0504. The Kier molecular flexibility index (Phi) is 8.16. The van der Waals surface area contributed by atoms with Gasteiger partial charge in [-0.2, -0.15) is 0 Å². The molecule has 0 spiro atoms. The minimum atomic E-state index is -0.995. The Morgan fingerprint density at radius 2 is 1.78 bits per heavy atom. The maximum Gasteiger partial charge on any atom is 0.338 e. The van der Waals surface area contributed by atoms with Gasteiger partial charge in [0.25, 0.3) is 0 Å². The number of ether oxygens (including phenoxy) is 1. The molecule has 0 atom stereocenters. The summed E-state index contributed by atoms with van der Waals surface area (Å²) in [6, 6.07) is 13.1. The van der Waals surface area contributed by atoms with E-state index in [9.17, 15) is 9.59 Å². The van der Waals surface area contributed by atoms with Crippen molar-refractivity contribution < 1.29 is 19.4 Å². The third kappa shape index (κ3) is 6.72. The van der Waals surface area contributed by atoms with Crippen molar-refractivity contribution >= 4 is 35.1 Å². The fraction of sp³-hybridized carbons (Fsp3) is 0.176. The number of carboxylic acid groups (broad SMARTS) is 1. The zero-order chi connectivity index (χ0) is 17.2. The minimum absolute atomic E-state index is 0.143. The molecule has 6 heteroatoms. The van der Waals surface area contributed by atoms with Crippen LogP contribution in [0.3, 0.4) is 0 Å². The van der Waals surface area contributed by atoms with Gasteiger partial charge in [-0.25, -0.2) is 9.59 Å². The summed E-state index contributed by atoms with van der Waals surface area (Å²) in [5.74, 6) is -1.31. The smallest absolute Gasteiger partial charge is 0.338 e. The Bertz CT molecular complexity index is 671. The molecule has 0 aliphatic carbocycles. The molecule has 2 aromatic rings. The number of carboxylic acids is 1. The number of rotatable bonds is 4. The van der Waals surface area contributed by atoms with E-state index < -0.39 is 5.97 Å². The molecule has 0 aliphatic rings. The lowest BCUT2D eigenvalue weighted by Crippen LogP contribution is -2.05. The van der Waals surface area contributed by atoms with Crippen LogP contribution < -0.4 is 0 Å². The molecular formula is C17H16Cl2O4. The number of benzene rings is 2. The van der Waals surface area contributed by atoms with E-state index >= 15 is 0 Å². The number of aromatic carboxylic acids is 1. The molecule has 0 saturated carbocycles. The van der Waals surface area contributed by atoms with Crippen LogP contribution in [0.15, 0.2) is 48.5 Å². The summed E-state index contributed by atoms with van der Waals surface area (Å²) in [6.07, 6.45) is 0.826. The molecule has 4 nitrogen and oxygen atoms in total. The van der Waals surface area contributed by atoms with Crippen LogP contribution in [0.1, 0.15) is 34.1 Å². The van der Waals surface area contributed by atoms with Crippen molar-refractivity contribution in [3.05, 3.63) is 69.7 Å². The van der Waals surface area contributed by atoms with Crippen molar-refractivity contribution in [2.45, 2.75) is 13.3 Å². The standard InChI is InChI=1S/C10H11ClO2.C7H5ClO2/c1-2-6-13-10(12)8-4-3-5-9(11)7-8;8-6-4-2-1-3-5(6)7(9)10/h3-5,7H,2,6H2,1H3;1-4H,(H,9,10). The Morgan fingerprint density at radius 3 is 2.30 bits per heavy atom. The fourth-order valence-corrected chi connectivity index (χ4v) is 1.94. The summed E-state index contributed by atoms with van der Waals surface area (Å²) < 4.78 is 4.93. The average Bonchev–Trinajstić information content (AvgIpc) is 2.53. The summed E-state index contributed by atoms with van der Waals surface area (Å²) in [7, 11) is 0. The largest absolute Gasteiger partial charge is 0.478 e. The maximum absolute atomic E-state index is 11.3. The van der Waals surface area contributed by atoms with Crippen LogP contribution in [-0.4, -0.2) is 23.7 Å². The van der Waals surface area contributed by atoms with Gasteiger partial charge in [0.1, 0.15) is 0 Å². The molecule has 122 valence electrons. The van der Waals surface area contributed by atoms with Crippen molar-refractivity contribution in [1.29, 1.82) is 0 Å². The highest BCUT2D eigenvalue weighted by atomic mass is 35.5. The SMILES string of the molecule is CCCOC(=O)c1cccc(Cl)c1.O=C(O)c1ccccc1Cl. The number of hydrogen-bond acceptors (Lipinski definition) is 3. The normalized spacial score (nSPS) is 9.52. The van der Waals surface area contributed by atoms with Crippen molar-refractivity contribution in [3.8, 4) is 0 Å². The molecule has 1 N–H and O–H groups in total. The van der Waals surface area contributed by atoms with E-state index in [1.54, 1.807) is 42.5 Å². The Hall–Kier alpha value is -2.04. The highest BCUT2D eigenvalue weighted by molar-refractivity contribution is 6.33. The first-order valence-electron chi connectivity index (χ1n) is 6.86. The molecule has 0 unspecified atom stereocenters. The van der Waals surface area contributed by atoms with E-state index in [1.807, 2.05) is 6.92 Å². The van der Waals surface area contributed by atoms with Gasteiger partial charge in [-0.05, 0) is 36.8 Å². The molecule has 0 bridgehead atoms. The van der Waals surface area contributed by atoms with Gasteiger partial charge < -0.3 is 9.84 Å². The van der Waals surface area contributed by atoms with E-state index in [4.69, 9.17) is 33.0 Å². The molecule has 23 heavy (non-hydrogen) atoms. The van der Waals surface area contributed by atoms with Gasteiger partial charge in [-0.15, -0.1) is 0 Å². The third-order valence-corrected chi connectivity index (χ3v) is 3.17. The zero-order valence-electron chi connectivity index (χ0n) is 12.5. The molecule has 0 fully saturated rings. The van der Waals surface area contributed by atoms with E-state index in [2.05, 4.69) is 0 Å². The van der Waals surface area contributed by atoms with Crippen LogP contribution >= 0.6 is 23.2 Å². The van der Waals surface area contributed by atoms with Gasteiger partial charge in [0.15, 0.2) is 0 Å². The molecule has 0 aliphatic heterocycles. The quantitative estimate of drug-likeness (QED) is 0.789. The molecular weight excluding hydrogens is 339 g/mol. The van der Waals surface area contributed by atoms with Crippen molar-refractivity contribution in [1.82, 2.24) is 0 Å². The van der Waals surface area contributed by atoms with Crippen molar-refractivity contribution in [2.75, 3.05) is 6.61 Å². The number of carbonyl (C=O) groups excluding carboxylic acids is 1. The predicted octanol–water partition coefficient (Wildman–Crippen LogP) is 4.95. The Morgan fingerprint density at radius 1 is 1.09 bits per heavy atom. The van der Waals surface area contributed by atoms with Crippen molar-refractivity contribution in [3.63, 3.8) is 0 Å². The monoisotopic (exact) mass is 354 g/mol. The maximum atomic E-state index is 11.3. The molecule has 0 heterocycles. The van der Waals surface area contributed by atoms with Crippen LogP contribution in [0.25, 0.3) is 0 Å². The number of halogens is 2. The second-order valence-corrected chi connectivity index (χ2v) is 5.27. The first-order chi connectivity index (χ1) is 11.0. The highest BCUT2D eigenvalue weighted by Gasteiger charge is 2.06. The zero-order valence-corrected chi connectivity index (χ0v) is 14.0. The van der Waals surface area contributed by atoms with E-state index in [0.29, 0.717) is 17.2 Å². The predicted molar refractivity (Wildman–Crippen MR) is 90.4 cm³/mol. The molecule has 2 aromatic carbocycles. The Balaban J connectivity index is 0.000000238. The summed E-state index contributed by atoms with van der Waals surface area (Å²) in [5, 5.41) is 9.30. The number of hydrogen-bond donors (Lipinski definition) is 1. The van der Waals surface area contributed by atoms with Gasteiger partial charge in [-0.1, -0.05) is 48.3 Å². The first kappa shape index (κ1) is 19.0. The highest BCUT2D eigenvalue weighted by Crippen LogP contribution is 2.14.